The summed E-state index contributed by atoms with van der Waals surface area (Å²) in [4.78, 5) is 6.81. The van der Waals surface area contributed by atoms with Gasteiger partial charge in [0.15, 0.2) is 5.17 Å². The fourth-order valence-corrected chi connectivity index (χ4v) is 2.63. The predicted octanol–water partition coefficient (Wildman–Crippen LogP) is 0.773. The molecule has 1 fully saturated rings. The molecule has 0 aromatic rings. The van der Waals surface area contributed by atoms with E-state index in [2.05, 4.69) is 22.3 Å². The second-order valence-corrected chi connectivity index (χ2v) is 4.78. The van der Waals surface area contributed by atoms with Gasteiger partial charge in [-0.3, -0.25) is 4.99 Å². The summed E-state index contributed by atoms with van der Waals surface area (Å²) in [5.41, 5.74) is 0. The van der Waals surface area contributed by atoms with Crippen LogP contribution in [0.1, 0.15) is 12.8 Å². The average Bonchev–Trinajstić information content (AvgIpc) is 2.72. The van der Waals surface area contributed by atoms with Crippen molar-refractivity contribution < 1.29 is 0 Å². The van der Waals surface area contributed by atoms with E-state index in [1.165, 1.54) is 19.4 Å². The first-order chi connectivity index (χ1) is 6.36. The fraction of sp³-hybridized carbons (Fsp3) is 0.889. The number of likely N-dealkylation sites (N-methyl/N-ethyl adjacent to an activating group) is 1. The zero-order valence-corrected chi connectivity index (χ0v) is 8.94. The zero-order valence-electron chi connectivity index (χ0n) is 8.12. The minimum absolute atomic E-state index is 0.726. The van der Waals surface area contributed by atoms with Crippen LogP contribution in [-0.2, 0) is 0 Å². The Morgan fingerprint density at radius 2 is 2.62 bits per heavy atom. The second-order valence-electron chi connectivity index (χ2n) is 3.69. The van der Waals surface area contributed by atoms with Gasteiger partial charge in [-0.15, -0.1) is 0 Å². The first kappa shape index (κ1) is 9.34. The largest absolute Gasteiger partial charge is 0.363 e. The lowest BCUT2D eigenvalue weighted by Crippen LogP contribution is -2.36. The van der Waals surface area contributed by atoms with Crippen molar-refractivity contribution in [1.29, 1.82) is 0 Å². The third-order valence-electron chi connectivity index (χ3n) is 2.75. The maximum absolute atomic E-state index is 4.37. The third-order valence-corrected chi connectivity index (χ3v) is 3.68. The zero-order chi connectivity index (χ0) is 9.10. The normalized spacial score (nSPS) is 29.3. The number of hydrogen-bond acceptors (Lipinski definition) is 4. The molecule has 4 heteroatoms. The van der Waals surface area contributed by atoms with Gasteiger partial charge in [-0.25, -0.2) is 0 Å². The van der Waals surface area contributed by atoms with Gasteiger partial charge in [-0.2, -0.15) is 0 Å². The number of amidine groups is 1. The highest BCUT2D eigenvalue weighted by Crippen LogP contribution is 2.15. The van der Waals surface area contributed by atoms with Gasteiger partial charge in [0.1, 0.15) is 0 Å². The van der Waals surface area contributed by atoms with Crippen LogP contribution in [0.3, 0.4) is 0 Å². The van der Waals surface area contributed by atoms with Crippen molar-refractivity contribution in [1.82, 2.24) is 10.2 Å². The van der Waals surface area contributed by atoms with E-state index < -0.39 is 0 Å². The van der Waals surface area contributed by atoms with Crippen LogP contribution >= 0.6 is 11.8 Å². The topological polar surface area (TPSA) is 27.6 Å². The Labute approximate surface area is 84.0 Å². The summed E-state index contributed by atoms with van der Waals surface area (Å²) in [6, 6.07) is 0.726. The molecule has 2 rings (SSSR count). The van der Waals surface area contributed by atoms with Crippen LogP contribution in [-0.4, -0.2) is 48.5 Å². The Hall–Kier alpha value is -0.220. The van der Waals surface area contributed by atoms with E-state index in [1.54, 1.807) is 0 Å². The van der Waals surface area contributed by atoms with Crippen molar-refractivity contribution in [2.24, 2.45) is 4.99 Å². The van der Waals surface area contributed by atoms with Gasteiger partial charge < -0.3 is 10.2 Å². The maximum Gasteiger partial charge on any atom is 0.156 e. The Bertz CT molecular complexity index is 205. The summed E-state index contributed by atoms with van der Waals surface area (Å²) in [5.74, 6) is 1.16. The Morgan fingerprint density at radius 1 is 1.69 bits per heavy atom. The number of aliphatic imine (C=N–C) groups is 1. The molecule has 2 aliphatic heterocycles. The third kappa shape index (κ3) is 2.38. The molecule has 0 bridgehead atoms. The van der Waals surface area contributed by atoms with Crippen LogP contribution in [0.25, 0.3) is 0 Å². The van der Waals surface area contributed by atoms with Crippen molar-refractivity contribution in [3.8, 4) is 0 Å². The summed E-state index contributed by atoms with van der Waals surface area (Å²) in [7, 11) is 2.21. The summed E-state index contributed by atoms with van der Waals surface area (Å²) in [5, 5.41) is 4.58. The van der Waals surface area contributed by atoms with Crippen LogP contribution in [0.4, 0.5) is 0 Å². The van der Waals surface area contributed by atoms with Crippen molar-refractivity contribution >= 4 is 16.9 Å². The van der Waals surface area contributed by atoms with Crippen LogP contribution in [0.5, 0.6) is 0 Å². The molecule has 1 saturated heterocycles. The Balaban J connectivity index is 1.72. The van der Waals surface area contributed by atoms with Crippen molar-refractivity contribution in [3.05, 3.63) is 0 Å². The number of nitrogens with zero attached hydrogens (tertiary/aromatic N) is 2. The first-order valence-corrected chi connectivity index (χ1v) is 5.96. The molecule has 74 valence electrons. The Kier molecular flexibility index (Phi) is 3.11. The van der Waals surface area contributed by atoms with Crippen molar-refractivity contribution in [3.63, 3.8) is 0 Å². The molecule has 0 spiro atoms. The van der Waals surface area contributed by atoms with Crippen LogP contribution in [0.15, 0.2) is 4.99 Å². The number of hydrogen-bond donors (Lipinski definition) is 1. The molecule has 2 aliphatic rings. The molecule has 0 radical (unpaired) electrons. The molecule has 1 N–H and O–H groups in total. The lowest BCUT2D eigenvalue weighted by atomic mass is 10.2. The summed E-state index contributed by atoms with van der Waals surface area (Å²) >= 11 is 1.85. The quantitative estimate of drug-likeness (QED) is 0.712. The van der Waals surface area contributed by atoms with E-state index in [-0.39, 0.29) is 0 Å². The highest BCUT2D eigenvalue weighted by atomic mass is 32.2. The summed E-state index contributed by atoms with van der Waals surface area (Å²) < 4.78 is 0. The van der Waals surface area contributed by atoms with Gasteiger partial charge in [0, 0.05) is 18.3 Å². The van der Waals surface area contributed by atoms with E-state index in [9.17, 15) is 0 Å². The van der Waals surface area contributed by atoms with Gasteiger partial charge in [0.05, 0.1) is 6.54 Å². The smallest absolute Gasteiger partial charge is 0.156 e. The summed E-state index contributed by atoms with van der Waals surface area (Å²) in [6.07, 6.45) is 2.68. The highest BCUT2D eigenvalue weighted by molar-refractivity contribution is 8.14. The lowest BCUT2D eigenvalue weighted by molar-refractivity contribution is 0.310. The van der Waals surface area contributed by atoms with E-state index in [0.717, 1.165) is 30.1 Å². The SMILES string of the molecule is CN1CCCC1CNC1=NCCS1. The number of thioether (sulfide) groups is 1. The minimum Gasteiger partial charge on any atom is -0.363 e. The molecule has 3 nitrogen and oxygen atoms in total. The molecule has 0 aliphatic carbocycles. The molecule has 0 aromatic heterocycles. The van der Waals surface area contributed by atoms with Crippen molar-refractivity contribution in [2.75, 3.05) is 32.4 Å². The lowest BCUT2D eigenvalue weighted by Gasteiger charge is -2.19. The van der Waals surface area contributed by atoms with Gasteiger partial charge >= 0.3 is 0 Å². The number of likely N-dealkylation sites (tertiary alicyclic amines) is 1. The average molecular weight is 199 g/mol. The first-order valence-electron chi connectivity index (χ1n) is 4.97. The van der Waals surface area contributed by atoms with Gasteiger partial charge in [-0.1, -0.05) is 11.8 Å². The monoisotopic (exact) mass is 199 g/mol. The van der Waals surface area contributed by atoms with E-state index in [0.29, 0.717) is 0 Å². The summed E-state index contributed by atoms with van der Waals surface area (Å²) in [6.45, 7) is 3.32. The van der Waals surface area contributed by atoms with E-state index in [4.69, 9.17) is 0 Å². The van der Waals surface area contributed by atoms with Gasteiger partial charge in [-0.05, 0) is 26.4 Å². The molecule has 0 saturated carbocycles. The minimum atomic E-state index is 0.726. The van der Waals surface area contributed by atoms with Crippen LogP contribution < -0.4 is 5.32 Å². The Morgan fingerprint density at radius 3 is 3.23 bits per heavy atom. The van der Waals surface area contributed by atoms with Crippen LogP contribution in [0.2, 0.25) is 0 Å². The molecular formula is C9H17N3S. The van der Waals surface area contributed by atoms with Crippen molar-refractivity contribution in [2.45, 2.75) is 18.9 Å². The standard InChI is InChI=1S/C9H17N3S/c1-12-5-2-3-8(12)7-11-9-10-4-6-13-9/h8H,2-7H2,1H3,(H,10,11). The van der Waals surface area contributed by atoms with E-state index in [1.807, 2.05) is 11.8 Å². The maximum atomic E-state index is 4.37. The number of rotatable bonds is 2. The molecule has 1 atom stereocenters. The van der Waals surface area contributed by atoms with Gasteiger partial charge in [0.2, 0.25) is 0 Å². The highest BCUT2D eigenvalue weighted by Gasteiger charge is 2.21. The molecule has 0 amide bonds. The molecule has 1 unspecified atom stereocenters. The van der Waals surface area contributed by atoms with Crippen LogP contribution in [0, 0.1) is 0 Å². The molecule has 13 heavy (non-hydrogen) atoms. The molecule has 2 heterocycles. The fourth-order valence-electron chi connectivity index (χ4n) is 1.88. The molecular weight excluding hydrogens is 182 g/mol. The number of nitrogens with one attached hydrogen (secondary N) is 1. The van der Waals surface area contributed by atoms with Gasteiger partial charge in [0.25, 0.3) is 0 Å². The van der Waals surface area contributed by atoms with E-state index >= 15 is 0 Å². The second kappa shape index (κ2) is 4.33. The predicted molar refractivity (Wildman–Crippen MR) is 58.4 cm³/mol. The molecule has 0 aromatic carbocycles.